The van der Waals surface area contributed by atoms with Gasteiger partial charge in [0.2, 0.25) is 0 Å². The highest BCUT2D eigenvalue weighted by molar-refractivity contribution is 7.18. The molecule has 0 aliphatic carbocycles. The molecule has 0 fully saturated rings. The van der Waals surface area contributed by atoms with Crippen molar-refractivity contribution in [1.82, 2.24) is 9.55 Å². The van der Waals surface area contributed by atoms with E-state index in [1.807, 2.05) is 30.3 Å². The van der Waals surface area contributed by atoms with Gasteiger partial charge in [-0.15, -0.1) is 11.3 Å². The lowest BCUT2D eigenvalue weighted by atomic mass is 10.1. The summed E-state index contributed by atoms with van der Waals surface area (Å²) in [4.78, 5) is 19.6. The van der Waals surface area contributed by atoms with Gasteiger partial charge < -0.3 is 4.74 Å². The van der Waals surface area contributed by atoms with E-state index in [0.717, 1.165) is 45.8 Å². The molecule has 0 unspecified atom stereocenters. The molecule has 1 aliphatic heterocycles. The van der Waals surface area contributed by atoms with Crippen LogP contribution < -0.4 is 10.3 Å². The lowest BCUT2D eigenvalue weighted by molar-refractivity contribution is 0.414. The zero-order valence-corrected chi connectivity index (χ0v) is 14.5. The van der Waals surface area contributed by atoms with Crippen molar-refractivity contribution in [3.63, 3.8) is 0 Å². The number of ether oxygens (including phenoxy) is 1. The zero-order chi connectivity index (χ0) is 16.7. The Morgan fingerprint density at radius 2 is 2.25 bits per heavy atom. The Balaban J connectivity index is 1.84. The van der Waals surface area contributed by atoms with E-state index < -0.39 is 0 Å². The first-order valence-corrected chi connectivity index (χ1v) is 8.89. The maximum absolute atomic E-state index is 12.7. The van der Waals surface area contributed by atoms with Crippen molar-refractivity contribution in [2.24, 2.45) is 0 Å². The number of aryl methyl sites for hydroxylation is 1. The van der Waals surface area contributed by atoms with Gasteiger partial charge in [-0.2, -0.15) is 0 Å². The van der Waals surface area contributed by atoms with E-state index in [1.54, 1.807) is 23.0 Å². The molecule has 0 atom stereocenters. The molecule has 0 radical (unpaired) electrons. The maximum atomic E-state index is 12.7. The van der Waals surface area contributed by atoms with Crippen molar-refractivity contribution in [1.29, 1.82) is 0 Å². The Labute approximate surface area is 144 Å². The van der Waals surface area contributed by atoms with Crippen LogP contribution in [0.1, 0.15) is 29.6 Å². The number of hydrogen-bond donors (Lipinski definition) is 0. The fourth-order valence-electron chi connectivity index (χ4n) is 3.11. The summed E-state index contributed by atoms with van der Waals surface area (Å²) in [5.41, 5.74) is 2.25. The van der Waals surface area contributed by atoms with Gasteiger partial charge in [-0.3, -0.25) is 9.36 Å². The number of allylic oxidation sites excluding steroid dienone is 1. The van der Waals surface area contributed by atoms with Crippen LogP contribution in [0.2, 0.25) is 0 Å². The lowest BCUT2D eigenvalue weighted by Crippen LogP contribution is -2.19. The highest BCUT2D eigenvalue weighted by atomic mass is 32.1. The maximum Gasteiger partial charge on any atom is 0.262 e. The van der Waals surface area contributed by atoms with Crippen LogP contribution in [0, 0.1) is 0 Å². The Bertz CT molecular complexity index is 1010. The molecule has 3 heterocycles. The van der Waals surface area contributed by atoms with Crippen LogP contribution in [0.25, 0.3) is 21.9 Å². The number of thiophene rings is 1. The topological polar surface area (TPSA) is 44.1 Å². The molecule has 4 nitrogen and oxygen atoms in total. The Morgan fingerprint density at radius 1 is 1.38 bits per heavy atom. The summed E-state index contributed by atoms with van der Waals surface area (Å²) in [6.45, 7) is 2.80. The van der Waals surface area contributed by atoms with E-state index in [1.165, 1.54) is 4.88 Å². The van der Waals surface area contributed by atoms with Gasteiger partial charge in [-0.1, -0.05) is 19.1 Å². The number of fused-ring (bicyclic) bond motifs is 2. The van der Waals surface area contributed by atoms with Gasteiger partial charge in [0.1, 0.15) is 16.4 Å². The molecular weight excluding hydrogens is 320 g/mol. The number of nitrogens with zero attached hydrogens (tertiary/aromatic N) is 2. The van der Waals surface area contributed by atoms with Crippen molar-refractivity contribution in [3.8, 4) is 5.75 Å². The monoisotopic (exact) mass is 338 g/mol. The molecule has 0 amide bonds. The Hall–Kier alpha value is -2.40. The standard InChI is InChI=1S/C19H18N2O2S/c1-3-15-11-16-18(24-15)20-17-13(7-8-21(17)19(16)22)9-12-5-4-6-14(10-12)23-2/h4-6,9-11H,3,7-8H2,1-2H3/b13-9+. The van der Waals surface area contributed by atoms with Gasteiger partial charge in [-0.05, 0) is 48.3 Å². The summed E-state index contributed by atoms with van der Waals surface area (Å²) in [6, 6.07) is 9.92. The van der Waals surface area contributed by atoms with Crippen LogP contribution >= 0.6 is 11.3 Å². The van der Waals surface area contributed by atoms with Crippen molar-refractivity contribution >= 4 is 33.2 Å². The Kier molecular flexibility index (Phi) is 3.73. The molecule has 1 aromatic carbocycles. The first-order chi connectivity index (χ1) is 11.7. The van der Waals surface area contributed by atoms with Gasteiger partial charge in [0.05, 0.1) is 12.5 Å². The largest absolute Gasteiger partial charge is 0.497 e. The second-order valence-corrected chi connectivity index (χ2v) is 6.99. The third kappa shape index (κ3) is 2.45. The van der Waals surface area contributed by atoms with Crippen molar-refractivity contribution in [3.05, 3.63) is 57.0 Å². The van der Waals surface area contributed by atoms with Gasteiger partial charge in [0.25, 0.3) is 5.56 Å². The molecule has 0 N–H and O–H groups in total. The van der Waals surface area contributed by atoms with Gasteiger partial charge >= 0.3 is 0 Å². The fraction of sp³-hybridized carbons (Fsp3) is 0.263. The minimum atomic E-state index is 0.0833. The zero-order valence-electron chi connectivity index (χ0n) is 13.7. The first-order valence-electron chi connectivity index (χ1n) is 8.08. The van der Waals surface area contributed by atoms with Crippen molar-refractivity contribution < 1.29 is 4.74 Å². The van der Waals surface area contributed by atoms with Crippen molar-refractivity contribution in [2.45, 2.75) is 26.3 Å². The average Bonchev–Trinajstić information content (AvgIpc) is 3.20. The van der Waals surface area contributed by atoms with E-state index >= 15 is 0 Å². The summed E-state index contributed by atoms with van der Waals surface area (Å²) in [5.74, 6) is 1.63. The predicted molar refractivity (Wildman–Crippen MR) is 98.7 cm³/mol. The van der Waals surface area contributed by atoms with Crippen LogP contribution in [0.5, 0.6) is 5.75 Å². The SMILES string of the molecule is CCc1cc2c(=O)n3c(nc2s1)/C(=C/c1cccc(OC)c1)CC3. The van der Waals surface area contributed by atoms with E-state index in [-0.39, 0.29) is 5.56 Å². The number of benzene rings is 1. The Morgan fingerprint density at radius 3 is 3.04 bits per heavy atom. The average molecular weight is 338 g/mol. The third-order valence-electron chi connectivity index (χ3n) is 4.38. The quantitative estimate of drug-likeness (QED) is 0.726. The minimum absolute atomic E-state index is 0.0833. The third-order valence-corrected chi connectivity index (χ3v) is 5.55. The summed E-state index contributed by atoms with van der Waals surface area (Å²) in [6.07, 6.45) is 3.87. The smallest absolute Gasteiger partial charge is 0.262 e. The van der Waals surface area contributed by atoms with E-state index in [0.29, 0.717) is 6.54 Å². The lowest BCUT2D eigenvalue weighted by Gasteiger charge is -2.04. The summed E-state index contributed by atoms with van der Waals surface area (Å²) in [7, 11) is 1.66. The normalized spacial score (nSPS) is 15.2. The minimum Gasteiger partial charge on any atom is -0.497 e. The number of methoxy groups -OCH3 is 1. The molecule has 4 rings (SSSR count). The fourth-order valence-corrected chi connectivity index (χ4v) is 4.06. The van der Waals surface area contributed by atoms with Gasteiger partial charge in [-0.25, -0.2) is 4.98 Å². The van der Waals surface area contributed by atoms with Crippen LogP contribution in [0.4, 0.5) is 0 Å². The van der Waals surface area contributed by atoms with Crippen molar-refractivity contribution in [2.75, 3.05) is 7.11 Å². The molecule has 24 heavy (non-hydrogen) atoms. The van der Waals surface area contributed by atoms with Crippen LogP contribution in [0.3, 0.4) is 0 Å². The van der Waals surface area contributed by atoms with Gasteiger partial charge in [0, 0.05) is 11.4 Å². The summed E-state index contributed by atoms with van der Waals surface area (Å²) < 4.78 is 7.09. The molecular formula is C19H18N2O2S. The first kappa shape index (κ1) is 15.1. The highest BCUT2D eigenvalue weighted by Gasteiger charge is 2.22. The van der Waals surface area contributed by atoms with Crippen LogP contribution in [-0.4, -0.2) is 16.7 Å². The molecule has 0 bridgehead atoms. The molecule has 0 saturated heterocycles. The second kappa shape index (κ2) is 5.91. The molecule has 0 spiro atoms. The number of aromatic nitrogens is 2. The molecule has 2 aromatic heterocycles. The second-order valence-electron chi connectivity index (χ2n) is 5.87. The number of hydrogen-bond acceptors (Lipinski definition) is 4. The summed E-state index contributed by atoms with van der Waals surface area (Å²) in [5, 5.41) is 0.753. The molecule has 5 heteroatoms. The van der Waals surface area contributed by atoms with Crippen LogP contribution in [-0.2, 0) is 13.0 Å². The molecule has 3 aromatic rings. The number of rotatable bonds is 3. The van der Waals surface area contributed by atoms with E-state index in [9.17, 15) is 4.79 Å². The predicted octanol–water partition coefficient (Wildman–Crippen LogP) is 3.97. The summed E-state index contributed by atoms with van der Waals surface area (Å²) >= 11 is 1.62. The molecule has 122 valence electrons. The highest BCUT2D eigenvalue weighted by Crippen LogP contribution is 2.30. The van der Waals surface area contributed by atoms with Crippen LogP contribution in [0.15, 0.2) is 35.1 Å². The van der Waals surface area contributed by atoms with E-state index in [4.69, 9.17) is 9.72 Å². The van der Waals surface area contributed by atoms with Gasteiger partial charge in [0.15, 0.2) is 0 Å². The molecule has 1 aliphatic rings. The van der Waals surface area contributed by atoms with E-state index in [2.05, 4.69) is 13.0 Å². The molecule has 0 saturated carbocycles.